The third-order valence-corrected chi connectivity index (χ3v) is 4.76. The zero-order chi connectivity index (χ0) is 19.3. The van der Waals surface area contributed by atoms with E-state index in [1.807, 2.05) is 60.5 Å². The zero-order valence-corrected chi connectivity index (χ0v) is 15.8. The van der Waals surface area contributed by atoms with Crippen LogP contribution in [0.3, 0.4) is 0 Å². The molecule has 4 rings (SSSR count). The van der Waals surface area contributed by atoms with Gasteiger partial charge >= 0.3 is 0 Å². The molecule has 1 saturated heterocycles. The van der Waals surface area contributed by atoms with E-state index in [-0.39, 0.29) is 5.91 Å². The average Bonchev–Trinajstić information content (AvgIpc) is 3.29. The summed E-state index contributed by atoms with van der Waals surface area (Å²) in [6, 6.07) is 13.3. The molecule has 1 N–H and O–H groups in total. The molecule has 1 aromatic carbocycles. The molecule has 3 heterocycles. The van der Waals surface area contributed by atoms with Crippen LogP contribution in [0.1, 0.15) is 17.3 Å². The lowest BCUT2D eigenvalue weighted by Crippen LogP contribution is -2.49. The van der Waals surface area contributed by atoms with Gasteiger partial charge in [0.15, 0.2) is 5.82 Å². The molecule has 0 aliphatic carbocycles. The number of nitrogens with one attached hydrogen (secondary N) is 1. The molecule has 8 heteroatoms. The van der Waals surface area contributed by atoms with Crippen molar-refractivity contribution in [2.75, 3.05) is 42.9 Å². The molecule has 3 aromatic rings. The maximum absolute atomic E-state index is 12.9. The number of hydrogen-bond donors (Lipinski definition) is 1. The Kier molecular flexibility index (Phi) is 5.18. The van der Waals surface area contributed by atoms with E-state index in [4.69, 9.17) is 0 Å². The highest BCUT2D eigenvalue weighted by molar-refractivity contribution is 5.95. The lowest BCUT2D eigenvalue weighted by molar-refractivity contribution is 0.0746. The first-order valence-electron chi connectivity index (χ1n) is 9.46. The van der Waals surface area contributed by atoms with Crippen molar-refractivity contribution in [2.24, 2.45) is 0 Å². The standard InChI is InChI=1S/C20H23N7O/c1-2-21-18-7-8-19(24-23-18)25-11-13-26(14-12-25)20(28)16-5-3-6-17(15-16)27-10-4-9-22-27/h3-10,15H,2,11-14H2,1H3,(H,21,23). The van der Waals surface area contributed by atoms with E-state index in [2.05, 4.69) is 25.5 Å². The minimum atomic E-state index is 0.0437. The van der Waals surface area contributed by atoms with Crippen molar-refractivity contribution in [1.29, 1.82) is 0 Å². The summed E-state index contributed by atoms with van der Waals surface area (Å²) in [6.45, 7) is 5.62. The number of benzene rings is 1. The van der Waals surface area contributed by atoms with E-state index in [1.54, 1.807) is 10.9 Å². The summed E-state index contributed by atoms with van der Waals surface area (Å²) in [5, 5.41) is 15.8. The molecule has 0 atom stereocenters. The fourth-order valence-corrected chi connectivity index (χ4v) is 3.29. The highest BCUT2D eigenvalue weighted by atomic mass is 16.2. The molecule has 144 valence electrons. The Morgan fingerprint density at radius 3 is 2.61 bits per heavy atom. The smallest absolute Gasteiger partial charge is 0.254 e. The third kappa shape index (κ3) is 3.80. The number of anilines is 2. The van der Waals surface area contributed by atoms with Crippen LogP contribution in [0.4, 0.5) is 11.6 Å². The summed E-state index contributed by atoms with van der Waals surface area (Å²) in [7, 11) is 0. The van der Waals surface area contributed by atoms with Crippen molar-refractivity contribution in [3.63, 3.8) is 0 Å². The van der Waals surface area contributed by atoms with Crippen molar-refractivity contribution in [1.82, 2.24) is 24.9 Å². The first-order valence-corrected chi connectivity index (χ1v) is 9.46. The Balaban J connectivity index is 1.39. The van der Waals surface area contributed by atoms with Crippen LogP contribution in [0.2, 0.25) is 0 Å². The minimum Gasteiger partial charge on any atom is -0.369 e. The lowest BCUT2D eigenvalue weighted by atomic mass is 10.1. The molecule has 2 aromatic heterocycles. The molecule has 1 aliphatic heterocycles. The van der Waals surface area contributed by atoms with Gasteiger partial charge in [-0.2, -0.15) is 5.10 Å². The van der Waals surface area contributed by atoms with E-state index >= 15 is 0 Å². The van der Waals surface area contributed by atoms with Gasteiger partial charge in [-0.1, -0.05) is 6.07 Å². The normalized spacial score (nSPS) is 14.2. The number of carbonyl (C=O) groups excluding carboxylic acids is 1. The van der Waals surface area contributed by atoms with E-state index < -0.39 is 0 Å². The Morgan fingerprint density at radius 1 is 1.07 bits per heavy atom. The van der Waals surface area contributed by atoms with Gasteiger partial charge < -0.3 is 15.1 Å². The van der Waals surface area contributed by atoms with Gasteiger partial charge in [-0.3, -0.25) is 4.79 Å². The fraction of sp³-hybridized carbons (Fsp3) is 0.300. The average molecular weight is 377 g/mol. The van der Waals surface area contributed by atoms with Crippen LogP contribution in [0.15, 0.2) is 54.9 Å². The molecule has 8 nitrogen and oxygen atoms in total. The maximum Gasteiger partial charge on any atom is 0.254 e. The number of nitrogens with zero attached hydrogens (tertiary/aromatic N) is 6. The molecule has 0 saturated carbocycles. The summed E-state index contributed by atoms with van der Waals surface area (Å²) < 4.78 is 1.75. The van der Waals surface area contributed by atoms with Crippen molar-refractivity contribution in [2.45, 2.75) is 6.92 Å². The fourth-order valence-electron chi connectivity index (χ4n) is 3.29. The second-order valence-corrected chi connectivity index (χ2v) is 6.59. The van der Waals surface area contributed by atoms with Crippen molar-refractivity contribution < 1.29 is 4.79 Å². The van der Waals surface area contributed by atoms with Gasteiger partial charge in [-0.05, 0) is 43.3 Å². The first-order chi connectivity index (χ1) is 13.7. The van der Waals surface area contributed by atoms with Gasteiger partial charge in [-0.25, -0.2) is 4.68 Å². The topological polar surface area (TPSA) is 79.2 Å². The predicted octanol–water partition coefficient (Wildman–Crippen LogP) is 2.06. The molecule has 28 heavy (non-hydrogen) atoms. The number of hydrogen-bond acceptors (Lipinski definition) is 6. The third-order valence-electron chi connectivity index (χ3n) is 4.76. The van der Waals surface area contributed by atoms with Crippen molar-refractivity contribution >= 4 is 17.5 Å². The number of aromatic nitrogens is 4. The molecule has 1 amide bonds. The van der Waals surface area contributed by atoms with Crippen LogP contribution in [0.5, 0.6) is 0 Å². The quantitative estimate of drug-likeness (QED) is 0.733. The molecule has 1 aliphatic rings. The second kappa shape index (κ2) is 8.08. The molecular formula is C20H23N7O. The first kappa shape index (κ1) is 18.0. The van der Waals surface area contributed by atoms with Crippen molar-refractivity contribution in [3.05, 3.63) is 60.4 Å². The Labute approximate surface area is 163 Å². The Hall–Kier alpha value is -3.42. The Morgan fingerprint density at radius 2 is 1.93 bits per heavy atom. The largest absolute Gasteiger partial charge is 0.369 e. The van der Waals surface area contributed by atoms with Gasteiger partial charge in [0, 0.05) is 50.7 Å². The monoisotopic (exact) mass is 377 g/mol. The molecule has 0 radical (unpaired) electrons. The van der Waals surface area contributed by atoms with Crippen LogP contribution < -0.4 is 10.2 Å². The highest BCUT2D eigenvalue weighted by Crippen LogP contribution is 2.17. The van der Waals surface area contributed by atoms with E-state index in [0.717, 1.165) is 37.0 Å². The van der Waals surface area contributed by atoms with Crippen LogP contribution in [0, 0.1) is 0 Å². The van der Waals surface area contributed by atoms with E-state index in [1.165, 1.54) is 0 Å². The molecule has 0 bridgehead atoms. The molecular weight excluding hydrogens is 354 g/mol. The van der Waals surface area contributed by atoms with Crippen LogP contribution in [-0.2, 0) is 0 Å². The van der Waals surface area contributed by atoms with Crippen LogP contribution in [0.25, 0.3) is 5.69 Å². The summed E-state index contributed by atoms with van der Waals surface area (Å²) in [4.78, 5) is 17.0. The molecule has 1 fully saturated rings. The number of piperazine rings is 1. The molecule has 0 unspecified atom stereocenters. The maximum atomic E-state index is 12.9. The highest BCUT2D eigenvalue weighted by Gasteiger charge is 2.23. The number of carbonyl (C=O) groups is 1. The SMILES string of the molecule is CCNc1ccc(N2CCN(C(=O)c3cccc(-n4cccn4)c3)CC2)nn1. The van der Waals surface area contributed by atoms with Crippen LogP contribution >= 0.6 is 0 Å². The van der Waals surface area contributed by atoms with Gasteiger partial charge in [0.1, 0.15) is 5.82 Å². The summed E-state index contributed by atoms with van der Waals surface area (Å²) in [5.41, 5.74) is 1.56. The zero-order valence-electron chi connectivity index (χ0n) is 15.8. The Bertz CT molecular complexity index is 916. The number of amides is 1. The second-order valence-electron chi connectivity index (χ2n) is 6.59. The summed E-state index contributed by atoms with van der Waals surface area (Å²) in [5.74, 6) is 1.66. The van der Waals surface area contributed by atoms with E-state index in [9.17, 15) is 4.79 Å². The van der Waals surface area contributed by atoms with Gasteiger partial charge in [-0.15, -0.1) is 10.2 Å². The lowest BCUT2D eigenvalue weighted by Gasteiger charge is -2.35. The van der Waals surface area contributed by atoms with Gasteiger partial charge in [0.2, 0.25) is 0 Å². The summed E-state index contributed by atoms with van der Waals surface area (Å²) in [6.07, 6.45) is 3.59. The van der Waals surface area contributed by atoms with Gasteiger partial charge in [0.05, 0.1) is 5.69 Å². The van der Waals surface area contributed by atoms with Crippen molar-refractivity contribution in [3.8, 4) is 5.69 Å². The predicted molar refractivity (Wildman–Crippen MR) is 108 cm³/mol. The molecule has 0 spiro atoms. The minimum absolute atomic E-state index is 0.0437. The number of rotatable bonds is 5. The van der Waals surface area contributed by atoms with E-state index in [0.29, 0.717) is 18.7 Å². The van der Waals surface area contributed by atoms with Crippen LogP contribution in [-0.4, -0.2) is 63.5 Å². The van der Waals surface area contributed by atoms with Gasteiger partial charge in [0.25, 0.3) is 5.91 Å². The summed E-state index contributed by atoms with van der Waals surface area (Å²) >= 11 is 0.